The van der Waals surface area contributed by atoms with E-state index in [0.717, 1.165) is 38.8 Å². The number of hydrogen-bond acceptors (Lipinski definition) is 3. The highest BCUT2D eigenvalue weighted by Crippen LogP contribution is 2.39. The fraction of sp³-hybridized carbons (Fsp3) is 0.857. The third-order valence-corrected chi connectivity index (χ3v) is 4.48. The molecule has 0 spiro atoms. The lowest BCUT2D eigenvalue weighted by atomic mass is 9.72. The summed E-state index contributed by atoms with van der Waals surface area (Å²) < 4.78 is 0. The van der Waals surface area contributed by atoms with Crippen molar-refractivity contribution in [3.63, 3.8) is 0 Å². The maximum atomic E-state index is 12.2. The molecule has 4 nitrogen and oxygen atoms in total. The van der Waals surface area contributed by atoms with Crippen molar-refractivity contribution in [2.75, 3.05) is 27.2 Å². The SMILES string of the molecule is CN(C)C1CN(C(=O)CC2(C#N)CCCCC2)C1. The van der Waals surface area contributed by atoms with Gasteiger partial charge in [0.25, 0.3) is 0 Å². The highest BCUT2D eigenvalue weighted by atomic mass is 16.2. The predicted octanol–water partition coefficient (Wildman–Crippen LogP) is 1.62. The molecule has 0 aromatic rings. The zero-order chi connectivity index (χ0) is 13.2. The smallest absolute Gasteiger partial charge is 0.224 e. The van der Waals surface area contributed by atoms with Crippen molar-refractivity contribution in [3.05, 3.63) is 0 Å². The Hall–Kier alpha value is -1.08. The zero-order valence-corrected chi connectivity index (χ0v) is 11.5. The van der Waals surface area contributed by atoms with E-state index in [9.17, 15) is 10.1 Å². The van der Waals surface area contributed by atoms with Crippen LogP contribution in [0, 0.1) is 16.7 Å². The van der Waals surface area contributed by atoms with Gasteiger partial charge < -0.3 is 9.80 Å². The van der Waals surface area contributed by atoms with E-state index in [1.807, 2.05) is 19.0 Å². The molecule has 2 fully saturated rings. The molecule has 0 aromatic carbocycles. The molecule has 1 saturated heterocycles. The van der Waals surface area contributed by atoms with E-state index in [1.54, 1.807) is 0 Å². The second kappa shape index (κ2) is 5.27. The van der Waals surface area contributed by atoms with Crippen molar-refractivity contribution in [2.45, 2.75) is 44.6 Å². The second-order valence-electron chi connectivity index (χ2n) is 6.05. The summed E-state index contributed by atoms with van der Waals surface area (Å²) in [6, 6.07) is 2.93. The average molecular weight is 249 g/mol. The van der Waals surface area contributed by atoms with Crippen LogP contribution < -0.4 is 0 Å². The van der Waals surface area contributed by atoms with Crippen molar-refractivity contribution in [2.24, 2.45) is 5.41 Å². The van der Waals surface area contributed by atoms with Gasteiger partial charge in [0.2, 0.25) is 5.91 Å². The summed E-state index contributed by atoms with van der Waals surface area (Å²) in [5, 5.41) is 9.37. The third-order valence-electron chi connectivity index (χ3n) is 4.48. The maximum Gasteiger partial charge on any atom is 0.224 e. The lowest BCUT2D eigenvalue weighted by Crippen LogP contribution is -2.59. The fourth-order valence-corrected chi connectivity index (χ4v) is 2.94. The topological polar surface area (TPSA) is 47.3 Å². The lowest BCUT2D eigenvalue weighted by molar-refractivity contribution is -0.140. The molecule has 2 aliphatic rings. The second-order valence-corrected chi connectivity index (χ2v) is 6.05. The van der Waals surface area contributed by atoms with E-state index >= 15 is 0 Å². The molecule has 18 heavy (non-hydrogen) atoms. The van der Waals surface area contributed by atoms with E-state index in [2.05, 4.69) is 11.0 Å². The number of likely N-dealkylation sites (tertiary alicyclic amines) is 1. The fourth-order valence-electron chi connectivity index (χ4n) is 2.94. The molecule has 100 valence electrons. The minimum atomic E-state index is -0.363. The zero-order valence-electron chi connectivity index (χ0n) is 11.5. The van der Waals surface area contributed by atoms with Gasteiger partial charge in [-0.1, -0.05) is 19.3 Å². The van der Waals surface area contributed by atoms with Crippen LogP contribution in [0.25, 0.3) is 0 Å². The van der Waals surface area contributed by atoms with E-state index in [4.69, 9.17) is 0 Å². The Kier molecular flexibility index (Phi) is 3.91. The quantitative estimate of drug-likeness (QED) is 0.763. The van der Waals surface area contributed by atoms with Crippen LogP contribution in [0.4, 0.5) is 0 Å². The van der Waals surface area contributed by atoms with Gasteiger partial charge in [-0.25, -0.2) is 0 Å². The Morgan fingerprint density at radius 2 is 1.94 bits per heavy atom. The first kappa shape index (κ1) is 13.4. The molecular formula is C14H23N3O. The molecule has 1 aliphatic heterocycles. The first-order valence-electron chi connectivity index (χ1n) is 6.92. The molecule has 0 atom stereocenters. The number of amides is 1. The van der Waals surface area contributed by atoms with E-state index < -0.39 is 0 Å². The van der Waals surface area contributed by atoms with Gasteiger partial charge in [-0.2, -0.15) is 5.26 Å². The number of hydrogen-bond donors (Lipinski definition) is 0. The van der Waals surface area contributed by atoms with Gasteiger partial charge in [0.1, 0.15) is 0 Å². The Morgan fingerprint density at radius 1 is 1.33 bits per heavy atom. The van der Waals surface area contributed by atoms with Crippen LogP contribution in [0.1, 0.15) is 38.5 Å². The molecule has 1 saturated carbocycles. The summed E-state index contributed by atoms with van der Waals surface area (Å²) in [5.41, 5.74) is -0.363. The molecule has 4 heteroatoms. The Bertz CT molecular complexity index is 347. The van der Waals surface area contributed by atoms with Gasteiger partial charge in [-0.05, 0) is 26.9 Å². The Morgan fingerprint density at radius 3 is 2.44 bits per heavy atom. The molecule has 2 rings (SSSR count). The summed E-state index contributed by atoms with van der Waals surface area (Å²) in [6.07, 6.45) is 5.65. The van der Waals surface area contributed by atoms with E-state index in [1.165, 1.54) is 6.42 Å². The van der Waals surface area contributed by atoms with Crippen LogP contribution >= 0.6 is 0 Å². The predicted molar refractivity (Wildman–Crippen MR) is 69.8 cm³/mol. The third kappa shape index (κ3) is 2.67. The summed E-state index contributed by atoms with van der Waals surface area (Å²) in [6.45, 7) is 1.65. The molecule has 0 bridgehead atoms. The molecule has 0 radical (unpaired) electrons. The van der Waals surface area contributed by atoms with Crippen LogP contribution in [0.3, 0.4) is 0 Å². The lowest BCUT2D eigenvalue weighted by Gasteiger charge is -2.44. The number of carbonyl (C=O) groups excluding carboxylic acids is 1. The van der Waals surface area contributed by atoms with Gasteiger partial charge in [0.05, 0.1) is 11.5 Å². The molecule has 1 heterocycles. The van der Waals surface area contributed by atoms with Crippen molar-refractivity contribution in [3.8, 4) is 6.07 Å². The normalized spacial score (nSPS) is 23.6. The largest absolute Gasteiger partial charge is 0.339 e. The van der Waals surface area contributed by atoms with Gasteiger partial charge in [-0.3, -0.25) is 4.79 Å². The monoisotopic (exact) mass is 249 g/mol. The minimum absolute atomic E-state index is 0.177. The summed E-state index contributed by atoms with van der Waals surface area (Å²) in [4.78, 5) is 16.2. The van der Waals surface area contributed by atoms with Crippen molar-refractivity contribution >= 4 is 5.91 Å². The molecule has 1 amide bonds. The first-order chi connectivity index (χ1) is 8.56. The average Bonchev–Trinajstić information content (AvgIpc) is 2.27. The van der Waals surface area contributed by atoms with Crippen LogP contribution in [-0.2, 0) is 4.79 Å². The molecule has 0 aromatic heterocycles. The van der Waals surface area contributed by atoms with Crippen molar-refractivity contribution in [1.82, 2.24) is 9.80 Å². The molecular weight excluding hydrogens is 226 g/mol. The summed E-state index contributed by atoms with van der Waals surface area (Å²) in [7, 11) is 4.09. The van der Waals surface area contributed by atoms with Crippen molar-refractivity contribution < 1.29 is 4.79 Å². The highest BCUT2D eigenvalue weighted by molar-refractivity contribution is 5.78. The molecule has 0 N–H and O–H groups in total. The number of likely N-dealkylation sites (N-methyl/N-ethyl adjacent to an activating group) is 1. The molecule has 0 unspecified atom stereocenters. The van der Waals surface area contributed by atoms with E-state index in [0.29, 0.717) is 12.5 Å². The van der Waals surface area contributed by atoms with Crippen LogP contribution in [0.2, 0.25) is 0 Å². The minimum Gasteiger partial charge on any atom is -0.339 e. The number of nitrogens with zero attached hydrogens (tertiary/aromatic N) is 3. The summed E-state index contributed by atoms with van der Waals surface area (Å²) >= 11 is 0. The number of nitriles is 1. The van der Waals surface area contributed by atoms with Crippen molar-refractivity contribution in [1.29, 1.82) is 5.26 Å². The van der Waals surface area contributed by atoms with Crippen LogP contribution in [0.5, 0.6) is 0 Å². The maximum absolute atomic E-state index is 12.2. The standard InChI is InChI=1S/C14H23N3O/c1-16(2)12-9-17(10-12)13(18)8-14(11-15)6-4-3-5-7-14/h12H,3-10H2,1-2H3. The van der Waals surface area contributed by atoms with Crippen LogP contribution in [0.15, 0.2) is 0 Å². The van der Waals surface area contributed by atoms with Gasteiger partial charge in [-0.15, -0.1) is 0 Å². The van der Waals surface area contributed by atoms with Gasteiger partial charge in [0.15, 0.2) is 0 Å². The van der Waals surface area contributed by atoms with Gasteiger partial charge in [0, 0.05) is 25.6 Å². The summed E-state index contributed by atoms with van der Waals surface area (Å²) in [5.74, 6) is 0.177. The number of carbonyl (C=O) groups is 1. The first-order valence-corrected chi connectivity index (χ1v) is 6.92. The Balaban J connectivity index is 1.86. The van der Waals surface area contributed by atoms with Gasteiger partial charge >= 0.3 is 0 Å². The number of rotatable bonds is 3. The van der Waals surface area contributed by atoms with Crippen LogP contribution in [-0.4, -0.2) is 48.9 Å². The molecule has 1 aliphatic carbocycles. The Labute approximate surface area is 110 Å². The van der Waals surface area contributed by atoms with E-state index in [-0.39, 0.29) is 11.3 Å². The highest BCUT2D eigenvalue weighted by Gasteiger charge is 2.39.